The van der Waals surface area contributed by atoms with Crippen molar-refractivity contribution in [2.24, 2.45) is 0 Å². The molecule has 0 aliphatic carbocycles. The van der Waals surface area contributed by atoms with E-state index in [0.717, 1.165) is 49.9 Å². The highest BCUT2D eigenvalue weighted by molar-refractivity contribution is 7.07. The molecule has 3 heterocycles. The minimum atomic E-state index is 0.954. The number of nitrogens with zero attached hydrogens (tertiary/aromatic N) is 5. The fourth-order valence-corrected chi connectivity index (χ4v) is 3.04. The van der Waals surface area contributed by atoms with E-state index < -0.39 is 0 Å². The smallest absolute Gasteiger partial charge is 0.150 e. The van der Waals surface area contributed by atoms with Gasteiger partial charge in [-0.25, -0.2) is 9.97 Å². The second-order valence-electron chi connectivity index (χ2n) is 5.16. The number of piperazine rings is 1. The van der Waals surface area contributed by atoms with E-state index in [9.17, 15) is 0 Å². The van der Waals surface area contributed by atoms with E-state index in [-0.39, 0.29) is 0 Å². The molecule has 0 atom stereocenters. The van der Waals surface area contributed by atoms with Gasteiger partial charge in [0.15, 0.2) is 0 Å². The van der Waals surface area contributed by atoms with Crippen LogP contribution in [0.15, 0.2) is 17.1 Å². The van der Waals surface area contributed by atoms with E-state index in [4.69, 9.17) is 0 Å². The third-order valence-electron chi connectivity index (χ3n) is 3.59. The summed E-state index contributed by atoms with van der Waals surface area (Å²) >= 11 is 1.66. The SMILES string of the molecule is Cc1cnc(C)c(N2CCN(Cc3cscn3)CC2)n1. The summed E-state index contributed by atoms with van der Waals surface area (Å²) in [7, 11) is 0. The van der Waals surface area contributed by atoms with E-state index in [1.165, 1.54) is 5.69 Å². The largest absolute Gasteiger partial charge is 0.353 e. The van der Waals surface area contributed by atoms with Crippen molar-refractivity contribution in [3.63, 3.8) is 0 Å². The second-order valence-corrected chi connectivity index (χ2v) is 5.88. The maximum atomic E-state index is 4.63. The molecular weight excluding hydrogens is 270 g/mol. The van der Waals surface area contributed by atoms with Crippen LogP contribution in [-0.4, -0.2) is 46.0 Å². The summed E-state index contributed by atoms with van der Waals surface area (Å²) in [5.74, 6) is 1.04. The van der Waals surface area contributed by atoms with Crippen LogP contribution < -0.4 is 4.90 Å². The zero-order valence-corrected chi connectivity index (χ0v) is 12.7. The van der Waals surface area contributed by atoms with Crippen LogP contribution >= 0.6 is 11.3 Å². The zero-order valence-electron chi connectivity index (χ0n) is 11.9. The molecule has 1 fully saturated rings. The first-order chi connectivity index (χ1) is 9.72. The molecule has 1 aliphatic heterocycles. The van der Waals surface area contributed by atoms with Gasteiger partial charge >= 0.3 is 0 Å². The number of aromatic nitrogens is 3. The summed E-state index contributed by atoms with van der Waals surface area (Å²) < 4.78 is 0. The molecule has 0 aromatic carbocycles. The molecule has 0 spiro atoms. The molecule has 1 aliphatic rings. The molecular formula is C14H19N5S. The van der Waals surface area contributed by atoms with E-state index in [0.29, 0.717) is 0 Å². The topological polar surface area (TPSA) is 45.2 Å². The molecule has 2 aromatic rings. The minimum Gasteiger partial charge on any atom is -0.353 e. The summed E-state index contributed by atoms with van der Waals surface area (Å²) in [5, 5.41) is 2.13. The molecule has 0 N–H and O–H groups in total. The average molecular weight is 289 g/mol. The third-order valence-corrected chi connectivity index (χ3v) is 4.23. The number of aryl methyl sites for hydroxylation is 2. The van der Waals surface area contributed by atoms with Crippen LogP contribution in [0, 0.1) is 13.8 Å². The van der Waals surface area contributed by atoms with Gasteiger partial charge in [-0.15, -0.1) is 11.3 Å². The molecule has 6 heteroatoms. The second kappa shape index (κ2) is 5.85. The molecule has 0 saturated carbocycles. The first-order valence-corrected chi connectivity index (χ1v) is 7.81. The Morgan fingerprint density at radius 3 is 2.65 bits per heavy atom. The number of rotatable bonds is 3. The lowest BCUT2D eigenvalue weighted by Crippen LogP contribution is -2.46. The standard InChI is InChI=1S/C14H19N5S/c1-11-7-15-12(2)14(17-11)19-5-3-18(4-6-19)8-13-9-20-10-16-13/h7,9-10H,3-6,8H2,1-2H3. The number of hydrogen-bond donors (Lipinski definition) is 0. The van der Waals surface area contributed by atoms with E-state index in [2.05, 4.69) is 30.1 Å². The van der Waals surface area contributed by atoms with Crippen molar-refractivity contribution >= 4 is 17.2 Å². The highest BCUT2D eigenvalue weighted by Crippen LogP contribution is 2.18. The lowest BCUT2D eigenvalue weighted by molar-refractivity contribution is 0.247. The Hall–Kier alpha value is -1.53. The molecule has 0 unspecified atom stereocenters. The summed E-state index contributed by atoms with van der Waals surface area (Å²) in [6.07, 6.45) is 1.83. The van der Waals surface area contributed by atoms with Crippen molar-refractivity contribution in [2.45, 2.75) is 20.4 Å². The Kier molecular flexibility index (Phi) is 3.93. The summed E-state index contributed by atoms with van der Waals surface area (Å²) in [6, 6.07) is 0. The summed E-state index contributed by atoms with van der Waals surface area (Å²) in [6.45, 7) is 9.08. The quantitative estimate of drug-likeness (QED) is 0.863. The van der Waals surface area contributed by atoms with Crippen LogP contribution in [0.3, 0.4) is 0 Å². The van der Waals surface area contributed by atoms with Gasteiger partial charge < -0.3 is 4.90 Å². The molecule has 0 amide bonds. The molecule has 5 nitrogen and oxygen atoms in total. The van der Waals surface area contributed by atoms with Crippen molar-refractivity contribution in [3.8, 4) is 0 Å². The van der Waals surface area contributed by atoms with Crippen LogP contribution in [0.5, 0.6) is 0 Å². The van der Waals surface area contributed by atoms with Crippen molar-refractivity contribution in [1.29, 1.82) is 0 Å². The zero-order chi connectivity index (χ0) is 13.9. The Bertz CT molecular complexity index is 561. The normalized spacial score (nSPS) is 16.6. The first kappa shape index (κ1) is 13.5. The first-order valence-electron chi connectivity index (χ1n) is 6.87. The Morgan fingerprint density at radius 2 is 1.95 bits per heavy atom. The lowest BCUT2D eigenvalue weighted by atomic mass is 10.2. The maximum Gasteiger partial charge on any atom is 0.150 e. The van der Waals surface area contributed by atoms with Crippen LogP contribution in [0.2, 0.25) is 0 Å². The van der Waals surface area contributed by atoms with Gasteiger partial charge in [0.1, 0.15) is 5.82 Å². The summed E-state index contributed by atoms with van der Waals surface area (Å²) in [4.78, 5) is 18.2. The number of anilines is 1. The monoisotopic (exact) mass is 289 g/mol. The van der Waals surface area contributed by atoms with Crippen LogP contribution in [0.25, 0.3) is 0 Å². The predicted molar refractivity (Wildman–Crippen MR) is 81.1 cm³/mol. The molecule has 0 bridgehead atoms. The number of hydrogen-bond acceptors (Lipinski definition) is 6. The average Bonchev–Trinajstić information content (AvgIpc) is 2.95. The van der Waals surface area contributed by atoms with E-state index in [1.54, 1.807) is 11.3 Å². The Balaban J connectivity index is 1.62. The highest BCUT2D eigenvalue weighted by Gasteiger charge is 2.20. The third kappa shape index (κ3) is 2.96. The summed E-state index contributed by atoms with van der Waals surface area (Å²) in [5.41, 5.74) is 5.08. The Labute approximate surface area is 123 Å². The van der Waals surface area contributed by atoms with Crippen molar-refractivity contribution in [3.05, 3.63) is 34.2 Å². The van der Waals surface area contributed by atoms with Gasteiger partial charge in [0.05, 0.1) is 22.6 Å². The van der Waals surface area contributed by atoms with E-state index in [1.807, 2.05) is 25.6 Å². The highest BCUT2D eigenvalue weighted by atomic mass is 32.1. The van der Waals surface area contributed by atoms with Gasteiger partial charge in [0, 0.05) is 44.3 Å². The lowest BCUT2D eigenvalue weighted by Gasteiger charge is -2.35. The predicted octanol–water partition coefficient (Wildman–Crippen LogP) is 1.87. The maximum absolute atomic E-state index is 4.63. The van der Waals surface area contributed by atoms with Gasteiger partial charge in [0.2, 0.25) is 0 Å². The van der Waals surface area contributed by atoms with Crippen LogP contribution in [-0.2, 0) is 6.54 Å². The molecule has 3 rings (SSSR count). The van der Waals surface area contributed by atoms with Crippen molar-refractivity contribution < 1.29 is 0 Å². The van der Waals surface area contributed by atoms with Gasteiger partial charge in [-0.05, 0) is 13.8 Å². The van der Waals surface area contributed by atoms with E-state index >= 15 is 0 Å². The minimum absolute atomic E-state index is 0.954. The molecule has 20 heavy (non-hydrogen) atoms. The molecule has 2 aromatic heterocycles. The van der Waals surface area contributed by atoms with Crippen molar-refractivity contribution in [1.82, 2.24) is 19.9 Å². The fourth-order valence-electron chi connectivity index (χ4n) is 2.49. The molecule has 106 valence electrons. The van der Waals surface area contributed by atoms with Crippen LogP contribution in [0.4, 0.5) is 5.82 Å². The van der Waals surface area contributed by atoms with Gasteiger partial charge in [-0.3, -0.25) is 9.88 Å². The van der Waals surface area contributed by atoms with Crippen LogP contribution in [0.1, 0.15) is 17.1 Å². The van der Waals surface area contributed by atoms with Gasteiger partial charge in [-0.1, -0.05) is 0 Å². The molecule has 0 radical (unpaired) electrons. The Morgan fingerprint density at radius 1 is 1.15 bits per heavy atom. The van der Waals surface area contributed by atoms with Gasteiger partial charge in [0.25, 0.3) is 0 Å². The van der Waals surface area contributed by atoms with Crippen molar-refractivity contribution in [2.75, 3.05) is 31.1 Å². The fraction of sp³-hybridized carbons (Fsp3) is 0.500. The molecule has 1 saturated heterocycles. The van der Waals surface area contributed by atoms with Gasteiger partial charge in [-0.2, -0.15) is 0 Å². The number of thiazole rings is 1.